The minimum Gasteiger partial charge on any atom is -0.478 e. The lowest BCUT2D eigenvalue weighted by atomic mass is 9.83. The van der Waals surface area contributed by atoms with E-state index in [-0.39, 0.29) is 5.56 Å². The highest BCUT2D eigenvalue weighted by atomic mass is 16.4. The van der Waals surface area contributed by atoms with Crippen molar-refractivity contribution in [3.8, 4) is 0 Å². The number of nitrogens with one attached hydrogen (secondary N) is 1. The van der Waals surface area contributed by atoms with Crippen LogP contribution in [0.3, 0.4) is 0 Å². The zero-order valence-electron chi connectivity index (χ0n) is 11.5. The second-order valence-electron chi connectivity index (χ2n) is 5.50. The predicted octanol–water partition coefficient (Wildman–Crippen LogP) is 2.72. The highest BCUT2D eigenvalue weighted by Crippen LogP contribution is 2.28. The summed E-state index contributed by atoms with van der Waals surface area (Å²) in [5.74, 6) is 1.08. The van der Waals surface area contributed by atoms with Crippen molar-refractivity contribution in [1.82, 2.24) is 9.97 Å². The van der Waals surface area contributed by atoms with Crippen molar-refractivity contribution in [2.75, 3.05) is 11.9 Å². The van der Waals surface area contributed by atoms with Gasteiger partial charge in [0.1, 0.15) is 0 Å². The summed E-state index contributed by atoms with van der Waals surface area (Å²) in [4.78, 5) is 19.1. The van der Waals surface area contributed by atoms with Crippen molar-refractivity contribution in [3.05, 3.63) is 17.5 Å². The van der Waals surface area contributed by atoms with Crippen LogP contribution in [0.4, 0.5) is 5.95 Å². The Morgan fingerprint density at radius 2 is 2.11 bits per heavy atom. The lowest BCUT2D eigenvalue weighted by Crippen LogP contribution is -2.21. The number of carbonyl (C=O) groups is 1. The zero-order valence-corrected chi connectivity index (χ0v) is 11.5. The van der Waals surface area contributed by atoms with E-state index < -0.39 is 5.97 Å². The number of rotatable bonds is 4. The van der Waals surface area contributed by atoms with Crippen LogP contribution in [0.5, 0.6) is 0 Å². The molecule has 1 saturated carbocycles. The van der Waals surface area contributed by atoms with E-state index in [1.54, 1.807) is 6.92 Å². The van der Waals surface area contributed by atoms with Crippen molar-refractivity contribution >= 4 is 11.9 Å². The molecule has 0 saturated heterocycles. The average Bonchev–Trinajstić information content (AvgIpc) is 2.37. The van der Waals surface area contributed by atoms with Gasteiger partial charge in [-0.25, -0.2) is 14.8 Å². The van der Waals surface area contributed by atoms with Crippen LogP contribution in [0, 0.1) is 18.8 Å². The summed E-state index contributed by atoms with van der Waals surface area (Å²) < 4.78 is 0. The molecule has 0 radical (unpaired) electrons. The Morgan fingerprint density at radius 1 is 1.42 bits per heavy atom. The summed E-state index contributed by atoms with van der Waals surface area (Å²) in [6, 6.07) is 0. The second kappa shape index (κ2) is 5.99. The topological polar surface area (TPSA) is 75.1 Å². The third-order valence-corrected chi connectivity index (χ3v) is 3.89. The average molecular weight is 263 g/mol. The van der Waals surface area contributed by atoms with E-state index in [1.807, 2.05) is 0 Å². The van der Waals surface area contributed by atoms with Crippen LogP contribution in [-0.4, -0.2) is 27.6 Å². The minimum atomic E-state index is -0.981. The Bertz CT molecular complexity index is 454. The van der Waals surface area contributed by atoms with Crippen LogP contribution >= 0.6 is 0 Å². The van der Waals surface area contributed by atoms with Crippen LogP contribution in [-0.2, 0) is 0 Å². The van der Waals surface area contributed by atoms with Crippen LogP contribution < -0.4 is 5.32 Å². The molecule has 0 aromatic carbocycles. The summed E-state index contributed by atoms with van der Waals surface area (Å²) in [6.45, 7) is 4.87. The zero-order chi connectivity index (χ0) is 13.8. The molecule has 1 heterocycles. The van der Waals surface area contributed by atoms with Gasteiger partial charge in [0.2, 0.25) is 5.95 Å². The Balaban J connectivity index is 1.89. The number of hydrogen-bond acceptors (Lipinski definition) is 4. The first-order chi connectivity index (χ1) is 9.06. The molecular weight excluding hydrogens is 242 g/mol. The van der Waals surface area contributed by atoms with Gasteiger partial charge in [0, 0.05) is 12.7 Å². The van der Waals surface area contributed by atoms with Gasteiger partial charge >= 0.3 is 5.97 Å². The van der Waals surface area contributed by atoms with Crippen LogP contribution in [0.15, 0.2) is 6.20 Å². The van der Waals surface area contributed by atoms with Crippen molar-refractivity contribution in [3.63, 3.8) is 0 Å². The summed E-state index contributed by atoms with van der Waals surface area (Å²) in [6.07, 6.45) is 6.46. The molecule has 2 rings (SSSR count). The maximum absolute atomic E-state index is 10.9. The quantitative estimate of drug-likeness (QED) is 0.873. The molecule has 104 valence electrons. The molecule has 1 aliphatic rings. The monoisotopic (exact) mass is 263 g/mol. The summed E-state index contributed by atoms with van der Waals surface area (Å²) >= 11 is 0. The van der Waals surface area contributed by atoms with Gasteiger partial charge in [-0.05, 0) is 31.6 Å². The van der Waals surface area contributed by atoms with E-state index in [1.165, 1.54) is 31.9 Å². The van der Waals surface area contributed by atoms with Gasteiger partial charge in [0.25, 0.3) is 0 Å². The predicted molar refractivity (Wildman–Crippen MR) is 73.3 cm³/mol. The fourth-order valence-electron chi connectivity index (χ4n) is 2.53. The van der Waals surface area contributed by atoms with E-state index in [2.05, 4.69) is 22.2 Å². The van der Waals surface area contributed by atoms with Crippen molar-refractivity contribution < 1.29 is 9.90 Å². The molecular formula is C14H21N3O2. The molecule has 1 fully saturated rings. The van der Waals surface area contributed by atoms with Gasteiger partial charge in [-0.2, -0.15) is 0 Å². The molecule has 0 bridgehead atoms. The smallest absolute Gasteiger partial charge is 0.339 e. The summed E-state index contributed by atoms with van der Waals surface area (Å²) in [7, 11) is 0. The second-order valence-corrected chi connectivity index (χ2v) is 5.50. The molecule has 5 nitrogen and oxygen atoms in total. The Kier molecular flexibility index (Phi) is 4.35. The number of nitrogens with zero attached hydrogens (tertiary/aromatic N) is 2. The van der Waals surface area contributed by atoms with Gasteiger partial charge in [-0.15, -0.1) is 0 Å². The van der Waals surface area contributed by atoms with E-state index in [0.717, 1.165) is 12.5 Å². The molecule has 0 atom stereocenters. The van der Waals surface area contributed by atoms with Gasteiger partial charge in [0.05, 0.1) is 11.3 Å². The first-order valence-corrected chi connectivity index (χ1v) is 6.87. The molecule has 0 unspecified atom stereocenters. The van der Waals surface area contributed by atoms with Gasteiger partial charge in [-0.1, -0.05) is 19.8 Å². The number of hydrogen-bond donors (Lipinski definition) is 2. The van der Waals surface area contributed by atoms with Crippen molar-refractivity contribution in [1.29, 1.82) is 0 Å². The molecule has 0 spiro atoms. The van der Waals surface area contributed by atoms with Gasteiger partial charge < -0.3 is 10.4 Å². The summed E-state index contributed by atoms with van der Waals surface area (Å²) in [5.41, 5.74) is 0.666. The summed E-state index contributed by atoms with van der Waals surface area (Å²) in [5, 5.41) is 12.1. The SMILES string of the molecule is Cc1nc(NCC2CCC(C)CC2)ncc1C(=O)O. The fraction of sp³-hybridized carbons (Fsp3) is 0.643. The third kappa shape index (κ3) is 3.66. The number of aromatic nitrogens is 2. The minimum absolute atomic E-state index is 0.164. The maximum atomic E-state index is 10.9. The van der Waals surface area contributed by atoms with Crippen molar-refractivity contribution in [2.45, 2.75) is 39.5 Å². The van der Waals surface area contributed by atoms with Crippen molar-refractivity contribution in [2.24, 2.45) is 11.8 Å². The van der Waals surface area contributed by atoms with Crippen LogP contribution in [0.25, 0.3) is 0 Å². The number of carboxylic acid groups (broad SMARTS) is 1. The molecule has 1 aliphatic carbocycles. The Labute approximate surface area is 113 Å². The molecule has 5 heteroatoms. The maximum Gasteiger partial charge on any atom is 0.339 e. The molecule has 19 heavy (non-hydrogen) atoms. The highest BCUT2D eigenvalue weighted by Gasteiger charge is 2.18. The fourth-order valence-corrected chi connectivity index (χ4v) is 2.53. The van der Waals surface area contributed by atoms with Gasteiger partial charge in [0.15, 0.2) is 0 Å². The molecule has 0 aliphatic heterocycles. The first kappa shape index (κ1) is 13.8. The van der Waals surface area contributed by atoms with E-state index >= 15 is 0 Å². The molecule has 0 amide bonds. The van der Waals surface area contributed by atoms with Crippen LogP contribution in [0.1, 0.15) is 48.7 Å². The molecule has 2 N–H and O–H groups in total. The van der Waals surface area contributed by atoms with E-state index in [0.29, 0.717) is 17.6 Å². The normalized spacial score (nSPS) is 23.1. The number of carboxylic acids is 1. The number of aryl methyl sites for hydroxylation is 1. The lowest BCUT2D eigenvalue weighted by Gasteiger charge is -2.26. The van der Waals surface area contributed by atoms with E-state index in [4.69, 9.17) is 5.11 Å². The highest BCUT2D eigenvalue weighted by molar-refractivity contribution is 5.88. The number of anilines is 1. The van der Waals surface area contributed by atoms with Gasteiger partial charge in [-0.3, -0.25) is 0 Å². The Morgan fingerprint density at radius 3 is 2.68 bits per heavy atom. The standard InChI is InChI=1S/C14H21N3O2/c1-9-3-5-11(6-4-9)7-15-14-16-8-12(13(18)19)10(2)17-14/h8-9,11H,3-7H2,1-2H3,(H,18,19)(H,15,16,17). The largest absolute Gasteiger partial charge is 0.478 e. The van der Waals surface area contributed by atoms with E-state index in [9.17, 15) is 4.79 Å². The third-order valence-electron chi connectivity index (χ3n) is 3.89. The molecule has 1 aromatic heterocycles. The lowest BCUT2D eigenvalue weighted by molar-refractivity contribution is 0.0695. The number of aromatic carboxylic acids is 1. The molecule has 1 aromatic rings. The van der Waals surface area contributed by atoms with Crippen LogP contribution in [0.2, 0.25) is 0 Å². The Hall–Kier alpha value is -1.65. The first-order valence-electron chi connectivity index (χ1n) is 6.87.